The first-order valence-corrected chi connectivity index (χ1v) is 10.4. The number of anilines is 1. The number of hydrogen-bond acceptors (Lipinski definition) is 4. The van der Waals surface area contributed by atoms with Gasteiger partial charge in [-0.1, -0.05) is 66.7 Å². The maximum atomic E-state index is 12.2. The minimum Gasteiger partial charge on any atom is -0.497 e. The topological polar surface area (TPSA) is 63.2 Å². The van der Waals surface area contributed by atoms with Crippen LogP contribution in [0.2, 0.25) is 0 Å². The zero-order chi connectivity index (χ0) is 20.8. The van der Waals surface area contributed by atoms with E-state index in [2.05, 4.69) is 39.9 Å². The van der Waals surface area contributed by atoms with Crippen LogP contribution in [0.1, 0.15) is 5.56 Å². The Morgan fingerprint density at radius 2 is 1.57 bits per heavy atom. The molecule has 4 rings (SSSR count). The van der Waals surface area contributed by atoms with Crippen molar-refractivity contribution in [3.05, 3.63) is 89.8 Å². The average Bonchev–Trinajstić information content (AvgIpc) is 3.27. The molecule has 0 aliphatic carbocycles. The molecule has 4 aromatic rings. The molecule has 0 atom stereocenters. The van der Waals surface area contributed by atoms with Gasteiger partial charge in [0, 0.05) is 17.5 Å². The van der Waals surface area contributed by atoms with Crippen LogP contribution in [-0.2, 0) is 6.54 Å². The van der Waals surface area contributed by atoms with Crippen molar-refractivity contribution in [1.82, 2.24) is 10.3 Å². The Balaban J connectivity index is 1.34. The van der Waals surface area contributed by atoms with E-state index in [-0.39, 0.29) is 6.03 Å². The Bertz CT molecular complexity index is 1110. The molecule has 0 saturated carbocycles. The van der Waals surface area contributed by atoms with Gasteiger partial charge in [-0.2, -0.15) is 0 Å². The maximum absolute atomic E-state index is 12.2. The second kappa shape index (κ2) is 9.24. The fourth-order valence-corrected chi connectivity index (χ4v) is 3.71. The predicted octanol–water partition coefficient (Wildman–Crippen LogP) is 5.81. The lowest BCUT2D eigenvalue weighted by Crippen LogP contribution is -2.28. The molecule has 0 aliphatic rings. The molecule has 0 radical (unpaired) electrons. The molecule has 0 fully saturated rings. The minimum absolute atomic E-state index is 0.286. The second-order valence-electron chi connectivity index (χ2n) is 6.64. The van der Waals surface area contributed by atoms with E-state index >= 15 is 0 Å². The third-order valence-electron chi connectivity index (χ3n) is 4.62. The van der Waals surface area contributed by atoms with Crippen LogP contribution in [0.25, 0.3) is 22.4 Å². The smallest absolute Gasteiger partial charge is 0.321 e. The van der Waals surface area contributed by atoms with Crippen molar-refractivity contribution in [2.24, 2.45) is 0 Å². The first-order chi connectivity index (χ1) is 14.7. The van der Waals surface area contributed by atoms with Crippen LogP contribution in [0.4, 0.5) is 9.93 Å². The molecular weight excluding hydrogens is 394 g/mol. The quantitative estimate of drug-likeness (QED) is 0.418. The van der Waals surface area contributed by atoms with E-state index in [1.807, 2.05) is 60.0 Å². The van der Waals surface area contributed by atoms with Gasteiger partial charge in [-0.25, -0.2) is 9.78 Å². The van der Waals surface area contributed by atoms with E-state index < -0.39 is 0 Å². The number of thiazole rings is 1. The number of amides is 2. The van der Waals surface area contributed by atoms with Gasteiger partial charge in [0.15, 0.2) is 5.13 Å². The second-order valence-corrected chi connectivity index (χ2v) is 7.50. The van der Waals surface area contributed by atoms with Crippen LogP contribution in [-0.4, -0.2) is 18.1 Å². The number of methoxy groups -OCH3 is 1. The molecule has 1 aromatic heterocycles. The molecule has 0 spiro atoms. The van der Waals surface area contributed by atoms with E-state index in [1.165, 1.54) is 16.9 Å². The summed E-state index contributed by atoms with van der Waals surface area (Å²) in [5.41, 5.74) is 5.18. The molecule has 6 heteroatoms. The van der Waals surface area contributed by atoms with Crippen LogP contribution >= 0.6 is 11.3 Å². The third kappa shape index (κ3) is 4.85. The predicted molar refractivity (Wildman–Crippen MR) is 122 cm³/mol. The van der Waals surface area contributed by atoms with Crippen molar-refractivity contribution >= 4 is 22.5 Å². The van der Waals surface area contributed by atoms with Crippen molar-refractivity contribution in [2.45, 2.75) is 6.54 Å². The molecule has 0 unspecified atom stereocenters. The Morgan fingerprint density at radius 1 is 0.900 bits per heavy atom. The summed E-state index contributed by atoms with van der Waals surface area (Å²) in [5.74, 6) is 0.787. The van der Waals surface area contributed by atoms with Gasteiger partial charge in [0.1, 0.15) is 5.75 Å². The number of aromatic nitrogens is 1. The Hall–Kier alpha value is -3.64. The summed E-state index contributed by atoms with van der Waals surface area (Å²) in [6.07, 6.45) is 0. The summed E-state index contributed by atoms with van der Waals surface area (Å²) in [6.45, 7) is 0.426. The van der Waals surface area contributed by atoms with E-state index in [0.29, 0.717) is 11.7 Å². The number of hydrogen-bond donors (Lipinski definition) is 2. The highest BCUT2D eigenvalue weighted by Gasteiger charge is 2.08. The highest BCUT2D eigenvalue weighted by molar-refractivity contribution is 7.14. The molecule has 30 heavy (non-hydrogen) atoms. The summed E-state index contributed by atoms with van der Waals surface area (Å²) >= 11 is 1.40. The number of rotatable bonds is 6. The number of ether oxygens (including phenoxy) is 1. The van der Waals surface area contributed by atoms with Crippen molar-refractivity contribution in [1.29, 1.82) is 0 Å². The fourth-order valence-electron chi connectivity index (χ4n) is 2.99. The van der Waals surface area contributed by atoms with Gasteiger partial charge < -0.3 is 10.1 Å². The standard InChI is InChI=1S/C24H21N3O2S/c1-29-21-13-7-17(8-14-21)15-25-23(28)27-24-26-22(16-30-24)20-11-9-19(10-12-20)18-5-3-2-4-6-18/h2-14,16H,15H2,1H3,(H2,25,26,27,28). The van der Waals surface area contributed by atoms with Crippen LogP contribution in [0.15, 0.2) is 84.2 Å². The lowest BCUT2D eigenvalue weighted by Gasteiger charge is -2.06. The number of nitrogens with zero attached hydrogens (tertiary/aromatic N) is 1. The highest BCUT2D eigenvalue weighted by Crippen LogP contribution is 2.27. The molecule has 1 heterocycles. The molecule has 0 aliphatic heterocycles. The first-order valence-electron chi connectivity index (χ1n) is 9.50. The lowest BCUT2D eigenvalue weighted by atomic mass is 10.0. The van der Waals surface area contributed by atoms with Crippen molar-refractivity contribution in [3.8, 4) is 28.1 Å². The Morgan fingerprint density at radius 3 is 2.27 bits per heavy atom. The largest absolute Gasteiger partial charge is 0.497 e. The van der Waals surface area contributed by atoms with Gasteiger partial charge in [0.2, 0.25) is 0 Å². The van der Waals surface area contributed by atoms with Crippen molar-refractivity contribution in [3.63, 3.8) is 0 Å². The number of nitrogens with one attached hydrogen (secondary N) is 2. The summed E-state index contributed by atoms with van der Waals surface area (Å²) < 4.78 is 5.13. The summed E-state index contributed by atoms with van der Waals surface area (Å²) in [7, 11) is 1.63. The molecular formula is C24H21N3O2S. The molecule has 150 valence electrons. The zero-order valence-corrected chi connectivity index (χ0v) is 17.3. The summed E-state index contributed by atoms with van der Waals surface area (Å²) in [6, 6.07) is 25.8. The first kappa shape index (κ1) is 19.7. The molecule has 2 N–H and O–H groups in total. The van der Waals surface area contributed by atoms with Gasteiger partial charge in [-0.15, -0.1) is 11.3 Å². The lowest BCUT2D eigenvalue weighted by molar-refractivity contribution is 0.251. The van der Waals surface area contributed by atoms with E-state index in [4.69, 9.17) is 4.74 Å². The van der Waals surface area contributed by atoms with Crippen molar-refractivity contribution < 1.29 is 9.53 Å². The van der Waals surface area contributed by atoms with Gasteiger partial charge in [0.25, 0.3) is 0 Å². The molecule has 0 bridgehead atoms. The van der Waals surface area contributed by atoms with Crippen LogP contribution in [0, 0.1) is 0 Å². The highest BCUT2D eigenvalue weighted by atomic mass is 32.1. The third-order valence-corrected chi connectivity index (χ3v) is 5.38. The number of carbonyl (C=O) groups is 1. The van der Waals surface area contributed by atoms with Crippen LogP contribution in [0.5, 0.6) is 5.75 Å². The monoisotopic (exact) mass is 415 g/mol. The molecule has 3 aromatic carbocycles. The number of carbonyl (C=O) groups excluding carboxylic acids is 1. The summed E-state index contributed by atoms with van der Waals surface area (Å²) in [5, 5.41) is 8.13. The summed E-state index contributed by atoms with van der Waals surface area (Å²) in [4.78, 5) is 16.7. The van der Waals surface area contributed by atoms with Crippen LogP contribution < -0.4 is 15.4 Å². The van der Waals surface area contributed by atoms with Gasteiger partial charge in [0.05, 0.1) is 12.8 Å². The Labute approximate surface area is 179 Å². The molecule has 2 amide bonds. The zero-order valence-electron chi connectivity index (χ0n) is 16.5. The number of urea groups is 1. The van der Waals surface area contributed by atoms with E-state index in [0.717, 1.165) is 28.1 Å². The molecule has 0 saturated heterocycles. The van der Waals surface area contributed by atoms with Gasteiger partial charge >= 0.3 is 6.03 Å². The van der Waals surface area contributed by atoms with Crippen LogP contribution in [0.3, 0.4) is 0 Å². The van der Waals surface area contributed by atoms with E-state index in [1.54, 1.807) is 7.11 Å². The minimum atomic E-state index is -0.286. The van der Waals surface area contributed by atoms with Gasteiger partial charge in [-0.3, -0.25) is 5.32 Å². The Kier molecular flexibility index (Phi) is 6.06. The SMILES string of the molecule is COc1ccc(CNC(=O)Nc2nc(-c3ccc(-c4ccccc4)cc3)cs2)cc1. The maximum Gasteiger partial charge on any atom is 0.321 e. The van der Waals surface area contributed by atoms with Gasteiger partial charge in [-0.05, 0) is 28.8 Å². The number of benzene rings is 3. The van der Waals surface area contributed by atoms with E-state index in [9.17, 15) is 4.79 Å². The normalized spacial score (nSPS) is 10.4. The fraction of sp³-hybridized carbons (Fsp3) is 0.0833. The molecule has 5 nitrogen and oxygen atoms in total. The average molecular weight is 416 g/mol. The van der Waals surface area contributed by atoms with Crippen molar-refractivity contribution in [2.75, 3.05) is 12.4 Å².